The molecule has 222 valence electrons. The molecule has 1 aromatic carbocycles. The van der Waals surface area contributed by atoms with Crippen molar-refractivity contribution in [3.05, 3.63) is 52.8 Å². The summed E-state index contributed by atoms with van der Waals surface area (Å²) >= 11 is 0. The van der Waals surface area contributed by atoms with Gasteiger partial charge < -0.3 is 29.0 Å². The largest absolute Gasteiger partial charge is 0.444 e. The summed E-state index contributed by atoms with van der Waals surface area (Å²) in [5.41, 5.74) is 6.73. The van der Waals surface area contributed by atoms with E-state index in [1.54, 1.807) is 4.90 Å². The molecule has 42 heavy (non-hydrogen) atoms. The number of morpholine rings is 2. The lowest BCUT2D eigenvalue weighted by molar-refractivity contribution is -0.172. The van der Waals surface area contributed by atoms with Crippen LogP contribution in [0.15, 0.2) is 30.6 Å². The first-order chi connectivity index (χ1) is 20.1. The van der Waals surface area contributed by atoms with Crippen molar-refractivity contribution in [3.8, 4) is 11.1 Å². The molecule has 1 N–H and O–H groups in total. The third kappa shape index (κ3) is 5.00. The molecule has 0 radical (unpaired) electrons. The molecular weight excluding hydrogens is 534 g/mol. The zero-order valence-electron chi connectivity index (χ0n) is 24.8. The van der Waals surface area contributed by atoms with E-state index in [4.69, 9.17) is 14.2 Å². The summed E-state index contributed by atoms with van der Waals surface area (Å²) in [6.07, 6.45) is 5.63. The molecule has 3 atom stereocenters. The van der Waals surface area contributed by atoms with Crippen LogP contribution in [-0.4, -0.2) is 94.0 Å². The van der Waals surface area contributed by atoms with E-state index in [2.05, 4.69) is 35.1 Å². The summed E-state index contributed by atoms with van der Waals surface area (Å²) in [5.74, 6) is 0. The summed E-state index contributed by atoms with van der Waals surface area (Å²) < 4.78 is 17.6. The molecule has 0 aliphatic carbocycles. The Hall–Kier alpha value is -3.63. The van der Waals surface area contributed by atoms with Crippen molar-refractivity contribution < 1.29 is 23.8 Å². The lowest BCUT2D eigenvalue weighted by Gasteiger charge is -2.48. The number of ether oxygens (including phenoxy) is 3. The molecule has 4 fully saturated rings. The highest BCUT2D eigenvalue weighted by Crippen LogP contribution is 2.38. The number of aromatic nitrogens is 2. The second-order valence-electron chi connectivity index (χ2n) is 13.0. The summed E-state index contributed by atoms with van der Waals surface area (Å²) in [6, 6.07) is 6.30. The van der Waals surface area contributed by atoms with E-state index in [-0.39, 0.29) is 30.4 Å². The number of fused-ring (bicyclic) bond motifs is 4. The maximum atomic E-state index is 13.6. The number of carbonyl (C=O) groups excluding carboxylic acids is 2. The molecule has 4 saturated heterocycles. The van der Waals surface area contributed by atoms with E-state index < -0.39 is 5.60 Å². The highest BCUT2D eigenvalue weighted by Gasteiger charge is 2.42. The number of pyridine rings is 1. The highest BCUT2D eigenvalue weighted by molar-refractivity contribution is 5.85. The van der Waals surface area contributed by atoms with Crippen molar-refractivity contribution in [2.45, 2.75) is 70.9 Å². The van der Waals surface area contributed by atoms with Crippen molar-refractivity contribution in [3.63, 3.8) is 0 Å². The number of hydrogen-bond donors (Lipinski definition) is 1. The fourth-order valence-corrected chi connectivity index (χ4v) is 6.73. The Morgan fingerprint density at radius 2 is 1.86 bits per heavy atom. The Balaban J connectivity index is 1.27. The quantitative estimate of drug-likeness (QED) is 0.473. The van der Waals surface area contributed by atoms with Gasteiger partial charge >= 0.3 is 12.1 Å². The van der Waals surface area contributed by atoms with Crippen LogP contribution in [0.25, 0.3) is 22.2 Å². The van der Waals surface area contributed by atoms with Gasteiger partial charge in [0.05, 0.1) is 31.5 Å². The van der Waals surface area contributed by atoms with Crippen LogP contribution in [0.3, 0.4) is 0 Å². The van der Waals surface area contributed by atoms with Crippen LogP contribution < -0.4 is 0 Å². The van der Waals surface area contributed by atoms with Crippen LogP contribution in [0.4, 0.5) is 9.59 Å². The van der Waals surface area contributed by atoms with E-state index in [1.165, 1.54) is 5.56 Å². The van der Waals surface area contributed by atoms with E-state index in [0.29, 0.717) is 45.9 Å². The van der Waals surface area contributed by atoms with Gasteiger partial charge in [-0.05, 0) is 74.1 Å². The van der Waals surface area contributed by atoms with Crippen molar-refractivity contribution in [1.82, 2.24) is 24.7 Å². The minimum Gasteiger partial charge on any atom is -0.444 e. The molecule has 2 bridgehead atoms. The van der Waals surface area contributed by atoms with Gasteiger partial charge in [-0.3, -0.25) is 4.90 Å². The second-order valence-corrected chi connectivity index (χ2v) is 13.0. The first-order valence-corrected chi connectivity index (χ1v) is 15.0. The summed E-state index contributed by atoms with van der Waals surface area (Å²) in [5, 5.41) is 1.09. The first kappa shape index (κ1) is 27.2. The molecule has 10 heteroatoms. The van der Waals surface area contributed by atoms with Crippen LogP contribution in [0.2, 0.25) is 0 Å². The number of aromatic amines is 1. The van der Waals surface area contributed by atoms with Crippen LogP contribution >= 0.6 is 0 Å². The molecule has 7 heterocycles. The van der Waals surface area contributed by atoms with Gasteiger partial charge in [-0.2, -0.15) is 0 Å². The SMILES string of the molecule is Cc1c[nH]c2ncc(-c3cc4c(c([C@@H]5COCCN5C(=O)OC(C)(C)C)c3)CN(C(=O)N3CC5CC(C3)O5)CC4)cc12. The van der Waals surface area contributed by atoms with Crippen LogP contribution in [0.1, 0.15) is 55.5 Å². The molecule has 2 unspecified atom stereocenters. The fourth-order valence-electron chi connectivity index (χ4n) is 6.73. The molecule has 10 nitrogen and oxygen atoms in total. The summed E-state index contributed by atoms with van der Waals surface area (Å²) in [7, 11) is 0. The monoisotopic (exact) mass is 573 g/mol. The van der Waals surface area contributed by atoms with E-state index in [0.717, 1.165) is 51.7 Å². The molecular formula is C32H39N5O5. The number of benzene rings is 1. The lowest BCUT2D eigenvalue weighted by Crippen LogP contribution is -2.61. The van der Waals surface area contributed by atoms with Crippen LogP contribution in [0, 0.1) is 6.92 Å². The maximum absolute atomic E-state index is 13.6. The Morgan fingerprint density at radius 3 is 2.62 bits per heavy atom. The number of nitrogens with zero attached hydrogens (tertiary/aromatic N) is 4. The van der Waals surface area contributed by atoms with E-state index in [1.807, 2.05) is 43.0 Å². The van der Waals surface area contributed by atoms with E-state index in [9.17, 15) is 9.59 Å². The third-order valence-corrected chi connectivity index (χ3v) is 8.86. The molecule has 0 spiro atoms. The predicted molar refractivity (Wildman–Crippen MR) is 157 cm³/mol. The molecule has 5 aliphatic rings. The van der Waals surface area contributed by atoms with E-state index >= 15 is 0 Å². The number of amides is 3. The normalized spacial score (nSPS) is 23.9. The van der Waals surface area contributed by atoms with Gasteiger partial charge in [-0.25, -0.2) is 14.6 Å². The molecule has 8 rings (SSSR count). The number of aryl methyl sites for hydroxylation is 1. The Labute approximate surface area is 245 Å². The zero-order chi connectivity index (χ0) is 29.2. The molecule has 3 aromatic rings. The average molecular weight is 574 g/mol. The van der Waals surface area contributed by atoms with Gasteiger partial charge in [-0.15, -0.1) is 0 Å². The number of hydrogen-bond acceptors (Lipinski definition) is 6. The highest BCUT2D eigenvalue weighted by atomic mass is 16.6. The predicted octanol–water partition coefficient (Wildman–Crippen LogP) is 4.80. The van der Waals surface area contributed by atoms with Gasteiger partial charge in [0, 0.05) is 62.5 Å². The van der Waals surface area contributed by atoms with Gasteiger partial charge in [-0.1, -0.05) is 6.07 Å². The first-order valence-electron chi connectivity index (χ1n) is 15.0. The Morgan fingerprint density at radius 1 is 1.07 bits per heavy atom. The van der Waals surface area contributed by atoms with Gasteiger partial charge in [0.1, 0.15) is 11.2 Å². The minimum atomic E-state index is -0.612. The van der Waals surface area contributed by atoms with Gasteiger partial charge in [0.25, 0.3) is 0 Å². The lowest BCUT2D eigenvalue weighted by atomic mass is 9.87. The fraction of sp³-hybridized carbons (Fsp3) is 0.531. The number of H-pyrrole nitrogens is 1. The zero-order valence-corrected chi connectivity index (χ0v) is 24.8. The van der Waals surface area contributed by atoms with Crippen molar-refractivity contribution in [1.29, 1.82) is 0 Å². The van der Waals surface area contributed by atoms with Crippen LogP contribution in [0.5, 0.6) is 0 Å². The number of nitrogens with one attached hydrogen (secondary N) is 1. The van der Waals surface area contributed by atoms with Gasteiger partial charge in [0.2, 0.25) is 0 Å². The van der Waals surface area contributed by atoms with Crippen molar-refractivity contribution >= 4 is 23.2 Å². The van der Waals surface area contributed by atoms with Gasteiger partial charge in [0.15, 0.2) is 0 Å². The van der Waals surface area contributed by atoms with Crippen molar-refractivity contribution in [2.75, 3.05) is 39.4 Å². The standard InChI is InChI=1S/C32H39N5O5/c1-19-13-33-29-25(19)11-22(14-34-29)21-9-20-5-6-35(30(38)36-15-23-12-24(16-36)41-23)17-27(20)26(10-21)28-18-40-8-7-37(28)31(39)42-32(2,3)4/h9-11,13-14,23-24,28H,5-8,12,15-18H2,1-4H3,(H,33,34)/t23?,24?,28-/m0/s1. The van der Waals surface area contributed by atoms with Crippen molar-refractivity contribution in [2.24, 2.45) is 0 Å². The number of carbonyl (C=O) groups is 2. The third-order valence-electron chi connectivity index (χ3n) is 8.86. The summed E-state index contributed by atoms with van der Waals surface area (Å²) in [4.78, 5) is 40.7. The smallest absolute Gasteiger partial charge is 0.410 e. The average Bonchev–Trinajstić information content (AvgIpc) is 3.34. The second kappa shape index (κ2) is 10.3. The molecule has 2 aromatic heterocycles. The topological polar surface area (TPSA) is 100 Å². The summed E-state index contributed by atoms with van der Waals surface area (Å²) in [6.45, 7) is 11.4. The number of piperidine rings is 1. The Bertz CT molecular complexity index is 1530. The Kier molecular flexibility index (Phi) is 6.66. The molecule has 0 saturated carbocycles. The van der Waals surface area contributed by atoms with Crippen LogP contribution in [-0.2, 0) is 27.2 Å². The number of rotatable bonds is 2. The molecule has 3 amide bonds. The molecule has 5 aliphatic heterocycles. The maximum Gasteiger partial charge on any atom is 0.410 e. The number of urea groups is 1. The minimum absolute atomic E-state index is 0.0650.